The summed E-state index contributed by atoms with van der Waals surface area (Å²) in [4.78, 5) is 0. The maximum absolute atomic E-state index is 2.23. The summed E-state index contributed by atoms with van der Waals surface area (Å²) in [6, 6.07) is 0. The first kappa shape index (κ1) is 15.6. The van der Waals surface area contributed by atoms with E-state index in [2.05, 4.69) is 6.92 Å². The van der Waals surface area contributed by atoms with Gasteiger partial charge >= 0.3 is 46.7 Å². The van der Waals surface area contributed by atoms with Gasteiger partial charge in [0.25, 0.3) is 0 Å². The molecule has 0 atom stereocenters. The van der Waals surface area contributed by atoms with Crippen molar-refractivity contribution in [1.29, 1.82) is 0 Å². The Morgan fingerprint density at radius 1 is 1.43 bits per heavy atom. The molecule has 0 aliphatic carbocycles. The van der Waals surface area contributed by atoms with Gasteiger partial charge in [0.1, 0.15) is 0 Å². The van der Waals surface area contributed by atoms with E-state index in [0.29, 0.717) is 0 Å². The van der Waals surface area contributed by atoms with Gasteiger partial charge in [-0.15, -0.1) is 0 Å². The van der Waals surface area contributed by atoms with Gasteiger partial charge in [0.05, 0.1) is 0 Å². The van der Waals surface area contributed by atoms with Crippen molar-refractivity contribution < 1.29 is 11.0 Å². The van der Waals surface area contributed by atoms with E-state index in [1.165, 1.54) is 17.3 Å². The molecule has 0 aromatic heterocycles. The first-order valence-corrected chi connectivity index (χ1v) is 4.08. The molecule has 0 rings (SSSR count). The molecular weight excluding hydrogens is 199 g/mol. The van der Waals surface area contributed by atoms with Gasteiger partial charge in [0, 0.05) is 0 Å². The monoisotopic (exact) mass is 210 g/mol. The molecule has 0 amide bonds. The van der Waals surface area contributed by atoms with Crippen LogP contribution in [0.3, 0.4) is 0 Å². The smallest absolute Gasteiger partial charge is 0.870 e. The van der Waals surface area contributed by atoms with Crippen molar-refractivity contribution >= 4 is 22.5 Å². The van der Waals surface area contributed by atoms with Gasteiger partial charge < -0.3 is 11.0 Å². The van der Waals surface area contributed by atoms with Gasteiger partial charge in [-0.05, 0) is 0 Å². The van der Waals surface area contributed by atoms with Crippen LogP contribution in [0, 0.1) is 0 Å². The van der Waals surface area contributed by atoms with Crippen LogP contribution >= 0.6 is 0 Å². The molecule has 7 heavy (non-hydrogen) atoms. The average Bonchev–Trinajstić information content (AvgIpc) is 1.41. The van der Waals surface area contributed by atoms with Crippen LogP contribution in [0.15, 0.2) is 0 Å². The third-order valence-electron chi connectivity index (χ3n) is 0.530. The summed E-state index contributed by atoms with van der Waals surface area (Å²) in [5, 5.41) is 0. The van der Waals surface area contributed by atoms with Crippen LogP contribution in [0.2, 0.25) is 4.44 Å². The van der Waals surface area contributed by atoms with Crippen LogP contribution in [-0.2, 0) is 5.48 Å². The molecule has 0 radical (unpaired) electrons. The summed E-state index contributed by atoms with van der Waals surface area (Å²) < 4.78 is 1.43. The standard InChI is InChI=1S/C4H9.H2O.O.Sn/c1-3-4-2;;;/h1,3-4H2,2H3;1H2;;/q;;-2;+3/p-1. The van der Waals surface area contributed by atoms with E-state index in [9.17, 15) is 0 Å². The number of hydrogen-bond donors (Lipinski definition) is 0. The summed E-state index contributed by atoms with van der Waals surface area (Å²) in [5.74, 6) is 0. The van der Waals surface area contributed by atoms with E-state index in [0.717, 1.165) is 0 Å². The molecule has 42 valence electrons. The van der Waals surface area contributed by atoms with Gasteiger partial charge in [0.15, 0.2) is 0 Å². The molecule has 0 saturated carbocycles. The molecule has 0 aromatic rings. The van der Waals surface area contributed by atoms with Gasteiger partial charge in [-0.1, -0.05) is 0 Å². The predicted octanol–water partition coefficient (Wildman–Crippen LogP) is 1.08. The normalized spacial score (nSPS) is 6.14. The molecule has 0 aliphatic heterocycles. The van der Waals surface area contributed by atoms with Crippen LogP contribution in [0.1, 0.15) is 19.8 Å². The van der Waals surface area contributed by atoms with Crippen molar-refractivity contribution in [1.82, 2.24) is 0 Å². The summed E-state index contributed by atoms with van der Waals surface area (Å²) in [7, 11) is 0. The summed E-state index contributed by atoms with van der Waals surface area (Å²) in [6.07, 6.45) is 2.80. The van der Waals surface area contributed by atoms with Crippen molar-refractivity contribution in [2.75, 3.05) is 0 Å². The van der Waals surface area contributed by atoms with Gasteiger partial charge in [-0.2, -0.15) is 0 Å². The maximum Gasteiger partial charge on any atom is -0.870 e. The molecule has 1 N–H and O–H groups in total. The zero-order chi connectivity index (χ0) is 4.12. The van der Waals surface area contributed by atoms with Crippen molar-refractivity contribution in [3.8, 4) is 0 Å². The van der Waals surface area contributed by atoms with Gasteiger partial charge in [-0.25, -0.2) is 0 Å². The molecule has 0 aliphatic rings. The Balaban J connectivity index is -0.0000000800. The zero-order valence-corrected chi connectivity index (χ0v) is 7.33. The Bertz CT molecular complexity index is 17.2. The molecule has 0 bridgehead atoms. The third kappa shape index (κ3) is 20.2. The minimum Gasteiger partial charge on any atom is -2.00 e. The van der Waals surface area contributed by atoms with Crippen molar-refractivity contribution in [2.45, 2.75) is 24.2 Å². The minimum absolute atomic E-state index is 0. The van der Waals surface area contributed by atoms with E-state index in [1.807, 2.05) is 0 Å². The van der Waals surface area contributed by atoms with Crippen molar-refractivity contribution in [2.24, 2.45) is 0 Å². The predicted molar refractivity (Wildman–Crippen MR) is 28.1 cm³/mol. The summed E-state index contributed by atoms with van der Waals surface area (Å²) in [5.41, 5.74) is 0. The van der Waals surface area contributed by atoms with Crippen LogP contribution in [-0.4, -0.2) is 28.0 Å². The molecule has 0 heterocycles. The molecule has 0 fully saturated rings. The van der Waals surface area contributed by atoms with Crippen LogP contribution in [0.25, 0.3) is 0 Å². The Labute approximate surface area is 58.0 Å². The second-order valence-corrected chi connectivity index (χ2v) is 2.53. The fourth-order valence-corrected chi connectivity index (χ4v) is 1.19. The zero-order valence-electron chi connectivity index (χ0n) is 4.48. The van der Waals surface area contributed by atoms with Crippen LogP contribution in [0.5, 0.6) is 0 Å². The summed E-state index contributed by atoms with van der Waals surface area (Å²) >= 11 is 1.68. The number of unbranched alkanes of at least 4 members (excludes halogenated alkanes) is 1. The number of hydrogen-bond acceptors (Lipinski definition) is 1. The second-order valence-electron chi connectivity index (χ2n) is 1.10. The van der Waals surface area contributed by atoms with E-state index in [4.69, 9.17) is 0 Å². The van der Waals surface area contributed by atoms with Crippen LogP contribution < -0.4 is 0 Å². The van der Waals surface area contributed by atoms with Crippen LogP contribution in [0.4, 0.5) is 0 Å². The van der Waals surface area contributed by atoms with Crippen molar-refractivity contribution in [3.63, 3.8) is 0 Å². The second kappa shape index (κ2) is 15.9. The minimum atomic E-state index is 0. The summed E-state index contributed by atoms with van der Waals surface area (Å²) in [6.45, 7) is 2.23. The van der Waals surface area contributed by atoms with E-state index >= 15 is 0 Å². The number of rotatable bonds is 2. The topological polar surface area (TPSA) is 58.5 Å². The molecule has 0 aromatic carbocycles. The Morgan fingerprint density at radius 3 is 1.86 bits per heavy atom. The van der Waals surface area contributed by atoms with E-state index < -0.39 is 0 Å². The Morgan fingerprint density at radius 2 is 1.86 bits per heavy atom. The molecule has 0 unspecified atom stereocenters. The molecule has 0 saturated heterocycles. The van der Waals surface area contributed by atoms with E-state index in [1.54, 1.807) is 22.5 Å². The van der Waals surface area contributed by atoms with Gasteiger partial charge in [0.2, 0.25) is 0 Å². The molecule has 3 heteroatoms. The molecule has 0 spiro atoms. The Kier molecular flexibility index (Phi) is 35.5. The average molecular weight is 209 g/mol. The maximum atomic E-state index is 2.23. The third-order valence-corrected chi connectivity index (χ3v) is 1.54. The largest absolute Gasteiger partial charge is 2.00 e. The SMILES string of the molecule is CCC[CH2][Sn+3].[O-2].[OH-]. The van der Waals surface area contributed by atoms with Gasteiger partial charge in [-0.3, -0.25) is 0 Å². The van der Waals surface area contributed by atoms with E-state index in [-0.39, 0.29) is 11.0 Å². The fraction of sp³-hybridized carbons (Fsp3) is 1.00. The Hall–Kier alpha value is 0.719. The first-order valence-electron chi connectivity index (χ1n) is 2.06. The fourth-order valence-electron chi connectivity index (χ4n) is 0.177. The first-order chi connectivity index (χ1) is 2.41. The molecular formula is C4H10O2Sn. The quantitative estimate of drug-likeness (QED) is 0.627. The molecule has 2 nitrogen and oxygen atoms in total. The van der Waals surface area contributed by atoms with Crippen molar-refractivity contribution in [3.05, 3.63) is 0 Å².